The van der Waals surface area contributed by atoms with Crippen LogP contribution in [0, 0.1) is 5.82 Å². The highest BCUT2D eigenvalue weighted by molar-refractivity contribution is 5.75. The molecule has 2 N–H and O–H groups in total. The monoisotopic (exact) mass is 320 g/mol. The molecule has 0 radical (unpaired) electrons. The molecule has 0 saturated carbocycles. The van der Waals surface area contributed by atoms with Gasteiger partial charge in [-0.1, -0.05) is 18.7 Å². The van der Waals surface area contributed by atoms with E-state index in [9.17, 15) is 4.39 Å². The summed E-state index contributed by atoms with van der Waals surface area (Å²) in [7, 11) is 0. The maximum Gasteiger partial charge on any atom is 0.216 e. The van der Waals surface area contributed by atoms with Crippen molar-refractivity contribution in [3.63, 3.8) is 0 Å². The van der Waals surface area contributed by atoms with Crippen LogP contribution in [-0.4, -0.2) is 24.6 Å². The SMILES string of the molecule is C=C(c1ccc(F)cc1)c1nc(Nc2ccn[nH]2)n2cccc2n1. The molecular weight excluding hydrogens is 307 g/mol. The van der Waals surface area contributed by atoms with Gasteiger partial charge in [0, 0.05) is 17.8 Å². The molecule has 0 aliphatic carbocycles. The van der Waals surface area contributed by atoms with Crippen molar-refractivity contribution in [2.24, 2.45) is 0 Å². The van der Waals surface area contributed by atoms with Crippen LogP contribution in [0.15, 0.2) is 61.4 Å². The van der Waals surface area contributed by atoms with E-state index in [-0.39, 0.29) is 5.82 Å². The van der Waals surface area contributed by atoms with Crippen LogP contribution >= 0.6 is 0 Å². The zero-order chi connectivity index (χ0) is 16.5. The molecule has 4 aromatic rings. The van der Waals surface area contributed by atoms with Gasteiger partial charge in [0.25, 0.3) is 0 Å². The number of aromatic amines is 1. The molecule has 0 fully saturated rings. The van der Waals surface area contributed by atoms with E-state index >= 15 is 0 Å². The van der Waals surface area contributed by atoms with Gasteiger partial charge < -0.3 is 5.32 Å². The van der Waals surface area contributed by atoms with Crippen molar-refractivity contribution in [1.29, 1.82) is 0 Å². The van der Waals surface area contributed by atoms with Crippen LogP contribution in [-0.2, 0) is 0 Å². The predicted molar refractivity (Wildman–Crippen MR) is 89.4 cm³/mol. The van der Waals surface area contributed by atoms with E-state index in [0.29, 0.717) is 23.2 Å². The number of halogens is 1. The van der Waals surface area contributed by atoms with Gasteiger partial charge in [-0.3, -0.25) is 9.50 Å². The van der Waals surface area contributed by atoms with Crippen molar-refractivity contribution in [3.05, 3.63) is 78.6 Å². The summed E-state index contributed by atoms with van der Waals surface area (Å²) in [6.07, 6.45) is 3.51. The lowest BCUT2D eigenvalue weighted by molar-refractivity contribution is 0.627. The van der Waals surface area contributed by atoms with Gasteiger partial charge in [-0.05, 0) is 29.8 Å². The maximum atomic E-state index is 13.1. The molecule has 24 heavy (non-hydrogen) atoms. The number of aromatic nitrogens is 5. The Labute approximate surface area is 136 Å². The Morgan fingerprint density at radius 3 is 2.71 bits per heavy atom. The fourth-order valence-electron chi connectivity index (χ4n) is 2.38. The van der Waals surface area contributed by atoms with E-state index in [4.69, 9.17) is 0 Å². The minimum atomic E-state index is -0.295. The molecule has 118 valence electrons. The van der Waals surface area contributed by atoms with Crippen molar-refractivity contribution in [1.82, 2.24) is 24.6 Å². The van der Waals surface area contributed by atoms with E-state index in [2.05, 4.69) is 32.1 Å². The second-order valence-corrected chi connectivity index (χ2v) is 5.19. The zero-order valence-corrected chi connectivity index (χ0v) is 12.6. The van der Waals surface area contributed by atoms with E-state index in [1.165, 1.54) is 12.1 Å². The van der Waals surface area contributed by atoms with Crippen molar-refractivity contribution < 1.29 is 4.39 Å². The number of H-pyrrole nitrogens is 1. The van der Waals surface area contributed by atoms with Gasteiger partial charge in [0.1, 0.15) is 17.3 Å². The zero-order valence-electron chi connectivity index (χ0n) is 12.6. The first-order valence-corrected chi connectivity index (χ1v) is 7.27. The Hall–Kier alpha value is -3.48. The fourth-order valence-corrected chi connectivity index (χ4v) is 2.38. The lowest BCUT2D eigenvalue weighted by Gasteiger charge is -2.10. The van der Waals surface area contributed by atoms with Crippen LogP contribution in [0.1, 0.15) is 11.4 Å². The van der Waals surface area contributed by atoms with Crippen molar-refractivity contribution >= 4 is 23.0 Å². The standard InChI is InChI=1S/C17H13FN6/c1-11(12-4-6-13(18)7-5-12)16-21-15-3-2-10-24(15)17(22-16)20-14-8-9-19-23-14/h2-10H,1H2,(H2,19,20,21,22,23). The van der Waals surface area contributed by atoms with Crippen LogP contribution in [0.4, 0.5) is 16.2 Å². The quantitative estimate of drug-likeness (QED) is 0.604. The van der Waals surface area contributed by atoms with Crippen LogP contribution in [0.25, 0.3) is 11.2 Å². The number of nitrogens with one attached hydrogen (secondary N) is 2. The first kappa shape index (κ1) is 14.1. The Bertz CT molecular complexity index is 1000. The number of benzene rings is 1. The third-order valence-corrected chi connectivity index (χ3v) is 3.60. The van der Waals surface area contributed by atoms with Gasteiger partial charge >= 0.3 is 0 Å². The second-order valence-electron chi connectivity index (χ2n) is 5.19. The minimum Gasteiger partial charge on any atom is -0.310 e. The molecule has 0 atom stereocenters. The summed E-state index contributed by atoms with van der Waals surface area (Å²) < 4.78 is 14.9. The molecule has 3 aromatic heterocycles. The van der Waals surface area contributed by atoms with Gasteiger partial charge in [-0.15, -0.1) is 0 Å². The van der Waals surface area contributed by atoms with Crippen LogP contribution in [0.2, 0.25) is 0 Å². The maximum absolute atomic E-state index is 13.1. The van der Waals surface area contributed by atoms with Crippen molar-refractivity contribution in [2.45, 2.75) is 0 Å². The summed E-state index contributed by atoms with van der Waals surface area (Å²) >= 11 is 0. The van der Waals surface area contributed by atoms with Crippen LogP contribution in [0.3, 0.4) is 0 Å². The minimum absolute atomic E-state index is 0.295. The Morgan fingerprint density at radius 2 is 1.96 bits per heavy atom. The molecule has 0 unspecified atom stereocenters. The molecule has 0 aliphatic heterocycles. The predicted octanol–water partition coefficient (Wildman–Crippen LogP) is 3.40. The highest BCUT2D eigenvalue weighted by atomic mass is 19.1. The lowest BCUT2D eigenvalue weighted by Crippen LogP contribution is -2.06. The molecule has 6 nitrogen and oxygen atoms in total. The van der Waals surface area contributed by atoms with E-state index in [1.807, 2.05) is 22.7 Å². The molecule has 1 aromatic carbocycles. The summed E-state index contributed by atoms with van der Waals surface area (Å²) in [4.78, 5) is 9.06. The second kappa shape index (κ2) is 5.62. The van der Waals surface area contributed by atoms with Crippen molar-refractivity contribution in [3.8, 4) is 0 Å². The smallest absolute Gasteiger partial charge is 0.216 e. The van der Waals surface area contributed by atoms with Gasteiger partial charge in [0.15, 0.2) is 5.82 Å². The third-order valence-electron chi connectivity index (χ3n) is 3.60. The number of fused-ring (bicyclic) bond motifs is 1. The molecule has 7 heteroatoms. The number of hydrogen-bond acceptors (Lipinski definition) is 4. The van der Waals surface area contributed by atoms with Gasteiger partial charge in [0.05, 0.1) is 6.20 Å². The first-order valence-electron chi connectivity index (χ1n) is 7.27. The molecule has 0 saturated heterocycles. The third kappa shape index (κ3) is 2.52. The van der Waals surface area contributed by atoms with Gasteiger partial charge in [-0.25, -0.2) is 9.37 Å². The molecule has 0 bridgehead atoms. The van der Waals surface area contributed by atoms with Crippen LogP contribution in [0.5, 0.6) is 0 Å². The fraction of sp³-hybridized carbons (Fsp3) is 0. The number of rotatable bonds is 4. The molecular formula is C17H13FN6. The average molecular weight is 320 g/mol. The largest absolute Gasteiger partial charge is 0.310 e. The van der Waals surface area contributed by atoms with Crippen LogP contribution < -0.4 is 5.32 Å². The first-order chi connectivity index (χ1) is 11.7. The Kier molecular flexibility index (Phi) is 3.31. The summed E-state index contributed by atoms with van der Waals surface area (Å²) in [5.41, 5.74) is 2.11. The van der Waals surface area contributed by atoms with E-state index in [1.54, 1.807) is 24.4 Å². The Balaban J connectivity index is 1.78. The number of anilines is 2. The molecule has 0 aliphatic rings. The normalized spacial score (nSPS) is 10.9. The summed E-state index contributed by atoms with van der Waals surface area (Å²) in [5, 5.41) is 9.90. The highest BCUT2D eigenvalue weighted by Gasteiger charge is 2.12. The number of hydrogen-bond donors (Lipinski definition) is 2. The van der Waals surface area contributed by atoms with Gasteiger partial charge in [-0.2, -0.15) is 10.1 Å². The molecule has 4 rings (SSSR count). The summed E-state index contributed by atoms with van der Waals surface area (Å²) in [6, 6.07) is 11.6. The summed E-state index contributed by atoms with van der Waals surface area (Å²) in [5.74, 6) is 1.46. The van der Waals surface area contributed by atoms with E-state index < -0.39 is 0 Å². The lowest BCUT2D eigenvalue weighted by atomic mass is 10.1. The Morgan fingerprint density at radius 1 is 1.12 bits per heavy atom. The topological polar surface area (TPSA) is 70.9 Å². The van der Waals surface area contributed by atoms with Gasteiger partial charge in [0.2, 0.25) is 5.95 Å². The van der Waals surface area contributed by atoms with Crippen molar-refractivity contribution in [2.75, 3.05) is 5.32 Å². The van der Waals surface area contributed by atoms with E-state index in [0.717, 1.165) is 11.2 Å². The average Bonchev–Trinajstić information content (AvgIpc) is 3.26. The number of nitrogens with zero attached hydrogens (tertiary/aromatic N) is 4. The molecule has 0 amide bonds. The molecule has 3 heterocycles. The molecule has 0 spiro atoms. The summed E-state index contributed by atoms with van der Waals surface area (Å²) in [6.45, 7) is 4.05. The highest BCUT2D eigenvalue weighted by Crippen LogP contribution is 2.22.